The SMILES string of the molecule is C=C(C)C(=O)OC(C)(CO)COCCC[Si](C)(O[Si](C)(C)C)O[Si](C)(C)C. The van der Waals surface area contributed by atoms with Crippen molar-refractivity contribution in [1.82, 2.24) is 0 Å². The molecule has 160 valence electrons. The Kier molecular flexibility index (Phi) is 10.4. The summed E-state index contributed by atoms with van der Waals surface area (Å²) < 4.78 is 23.9. The summed E-state index contributed by atoms with van der Waals surface area (Å²) in [7, 11) is -5.68. The van der Waals surface area contributed by atoms with Crippen LogP contribution in [0.1, 0.15) is 20.3 Å². The highest BCUT2D eigenvalue weighted by Gasteiger charge is 2.39. The van der Waals surface area contributed by atoms with Crippen molar-refractivity contribution in [2.75, 3.05) is 19.8 Å². The quantitative estimate of drug-likeness (QED) is 0.203. The number of hydrogen-bond donors (Lipinski definition) is 1. The molecule has 27 heavy (non-hydrogen) atoms. The second-order valence-corrected chi connectivity index (χ2v) is 22.3. The molecular weight excluding hydrogens is 396 g/mol. The Morgan fingerprint density at radius 1 is 1.04 bits per heavy atom. The van der Waals surface area contributed by atoms with E-state index in [1.54, 1.807) is 13.8 Å². The fourth-order valence-electron chi connectivity index (χ4n) is 2.62. The molecule has 0 amide bonds. The van der Waals surface area contributed by atoms with Gasteiger partial charge in [-0.2, -0.15) is 0 Å². The van der Waals surface area contributed by atoms with Gasteiger partial charge in [0.25, 0.3) is 0 Å². The van der Waals surface area contributed by atoms with Crippen molar-refractivity contribution in [2.45, 2.75) is 77.7 Å². The van der Waals surface area contributed by atoms with Gasteiger partial charge in [-0.05, 0) is 72.1 Å². The van der Waals surface area contributed by atoms with Gasteiger partial charge in [0.15, 0.2) is 22.2 Å². The number of rotatable bonds is 13. The molecule has 0 fully saturated rings. The number of aliphatic hydroxyl groups excluding tert-OH is 1. The van der Waals surface area contributed by atoms with Gasteiger partial charge < -0.3 is 22.8 Å². The standard InChI is InChI=1S/C18H40O6Si3/c1-16(2)17(20)22-18(3,14-19)15-21-12-11-13-27(10,23-25(4,5)6)24-26(7,8)9/h19H,1,11-15H2,2-10H3. The normalized spacial score (nSPS) is 15.3. The minimum Gasteiger partial charge on any atom is -0.451 e. The zero-order valence-electron chi connectivity index (χ0n) is 18.7. The van der Waals surface area contributed by atoms with Gasteiger partial charge >= 0.3 is 14.5 Å². The van der Waals surface area contributed by atoms with E-state index < -0.39 is 36.8 Å². The molecule has 1 unspecified atom stereocenters. The zero-order valence-corrected chi connectivity index (χ0v) is 21.7. The van der Waals surface area contributed by atoms with Crippen LogP contribution in [-0.2, 0) is 22.5 Å². The molecule has 0 saturated heterocycles. The molecule has 1 atom stereocenters. The Hall–Kier alpha value is -0.299. The zero-order chi connectivity index (χ0) is 21.5. The molecular formula is C18H40O6Si3. The van der Waals surface area contributed by atoms with E-state index in [-0.39, 0.29) is 13.2 Å². The van der Waals surface area contributed by atoms with E-state index in [1.807, 2.05) is 0 Å². The number of aliphatic hydroxyl groups is 1. The number of hydrogen-bond acceptors (Lipinski definition) is 6. The van der Waals surface area contributed by atoms with Crippen LogP contribution >= 0.6 is 0 Å². The van der Waals surface area contributed by atoms with Crippen molar-refractivity contribution in [3.8, 4) is 0 Å². The number of esters is 1. The van der Waals surface area contributed by atoms with Crippen LogP contribution in [-0.4, -0.2) is 61.7 Å². The second kappa shape index (κ2) is 10.5. The summed E-state index contributed by atoms with van der Waals surface area (Å²) in [6.07, 6.45) is 0.799. The van der Waals surface area contributed by atoms with Crippen LogP contribution in [0.5, 0.6) is 0 Å². The largest absolute Gasteiger partial charge is 0.451 e. The van der Waals surface area contributed by atoms with Gasteiger partial charge in [0, 0.05) is 12.2 Å². The van der Waals surface area contributed by atoms with E-state index >= 15 is 0 Å². The molecule has 0 rings (SSSR count). The molecule has 0 aromatic heterocycles. The first-order valence-electron chi connectivity index (χ1n) is 9.49. The van der Waals surface area contributed by atoms with Gasteiger partial charge in [-0.1, -0.05) is 6.58 Å². The van der Waals surface area contributed by atoms with Crippen LogP contribution < -0.4 is 0 Å². The van der Waals surface area contributed by atoms with Crippen LogP contribution in [0.2, 0.25) is 51.9 Å². The maximum absolute atomic E-state index is 11.7. The topological polar surface area (TPSA) is 74.2 Å². The summed E-state index contributed by atoms with van der Waals surface area (Å²) in [5, 5.41) is 9.55. The highest BCUT2D eigenvalue weighted by atomic mass is 28.5. The lowest BCUT2D eigenvalue weighted by Gasteiger charge is -2.38. The highest BCUT2D eigenvalue weighted by Crippen LogP contribution is 2.25. The molecule has 0 aromatic rings. The summed E-state index contributed by atoms with van der Waals surface area (Å²) in [5.41, 5.74) is -0.774. The smallest absolute Gasteiger partial charge is 0.333 e. The molecule has 0 spiro atoms. The first-order valence-corrected chi connectivity index (χ1v) is 18.8. The first-order chi connectivity index (χ1) is 12.0. The maximum atomic E-state index is 11.7. The molecule has 9 heteroatoms. The van der Waals surface area contributed by atoms with Crippen molar-refractivity contribution >= 4 is 31.2 Å². The van der Waals surface area contributed by atoms with Gasteiger partial charge in [0.1, 0.15) is 0 Å². The molecule has 0 bridgehead atoms. The Morgan fingerprint density at radius 2 is 1.52 bits per heavy atom. The fraction of sp³-hybridized carbons (Fsp3) is 0.833. The lowest BCUT2D eigenvalue weighted by molar-refractivity contribution is -0.164. The highest BCUT2D eigenvalue weighted by molar-refractivity contribution is 6.87. The van der Waals surface area contributed by atoms with E-state index in [2.05, 4.69) is 52.4 Å². The monoisotopic (exact) mass is 436 g/mol. The fourth-order valence-corrected chi connectivity index (χ4v) is 15.1. The van der Waals surface area contributed by atoms with Gasteiger partial charge in [-0.25, -0.2) is 4.79 Å². The van der Waals surface area contributed by atoms with Crippen molar-refractivity contribution in [3.05, 3.63) is 12.2 Å². The molecule has 0 radical (unpaired) electrons. The van der Waals surface area contributed by atoms with Gasteiger partial charge in [-0.3, -0.25) is 0 Å². The molecule has 0 aliphatic rings. The van der Waals surface area contributed by atoms with Crippen LogP contribution in [0.4, 0.5) is 0 Å². The maximum Gasteiger partial charge on any atom is 0.333 e. The van der Waals surface area contributed by atoms with E-state index in [4.69, 9.17) is 17.7 Å². The van der Waals surface area contributed by atoms with Crippen molar-refractivity contribution < 1.29 is 27.6 Å². The molecule has 6 nitrogen and oxygen atoms in total. The van der Waals surface area contributed by atoms with Crippen molar-refractivity contribution in [1.29, 1.82) is 0 Å². The van der Waals surface area contributed by atoms with Crippen molar-refractivity contribution in [2.24, 2.45) is 0 Å². The average Bonchev–Trinajstić information content (AvgIpc) is 2.42. The molecule has 1 N–H and O–H groups in total. The lowest BCUT2D eigenvalue weighted by atomic mass is 10.1. The minimum atomic E-state index is -2.27. The van der Waals surface area contributed by atoms with Crippen LogP contribution in [0.15, 0.2) is 12.2 Å². The average molecular weight is 437 g/mol. The number of carbonyl (C=O) groups excluding carboxylic acids is 1. The second-order valence-electron chi connectivity index (χ2n) is 9.50. The Labute approximate surface area is 168 Å². The van der Waals surface area contributed by atoms with Crippen LogP contribution in [0.3, 0.4) is 0 Å². The molecule has 0 saturated carbocycles. The molecule has 0 aliphatic carbocycles. The Morgan fingerprint density at radius 3 is 1.89 bits per heavy atom. The molecule has 0 aromatic carbocycles. The summed E-state index contributed by atoms with van der Waals surface area (Å²) in [6, 6.07) is 0.850. The van der Waals surface area contributed by atoms with Crippen LogP contribution in [0.25, 0.3) is 0 Å². The summed E-state index contributed by atoms with van der Waals surface area (Å²) in [6.45, 7) is 22.4. The Bertz CT molecular complexity index is 482. The molecule has 0 heterocycles. The van der Waals surface area contributed by atoms with Gasteiger partial charge in [-0.15, -0.1) is 0 Å². The van der Waals surface area contributed by atoms with E-state index in [0.29, 0.717) is 12.2 Å². The minimum absolute atomic E-state index is 0.130. The summed E-state index contributed by atoms with van der Waals surface area (Å²) >= 11 is 0. The predicted molar refractivity (Wildman–Crippen MR) is 117 cm³/mol. The van der Waals surface area contributed by atoms with E-state index in [0.717, 1.165) is 12.5 Å². The van der Waals surface area contributed by atoms with E-state index in [9.17, 15) is 9.90 Å². The predicted octanol–water partition coefficient (Wildman–Crippen LogP) is 4.04. The summed E-state index contributed by atoms with van der Waals surface area (Å²) in [5.74, 6) is -0.526. The lowest BCUT2D eigenvalue weighted by Crippen LogP contribution is -2.52. The number of carbonyl (C=O) groups is 1. The van der Waals surface area contributed by atoms with E-state index in [1.165, 1.54) is 0 Å². The third-order valence-electron chi connectivity index (χ3n) is 3.39. The van der Waals surface area contributed by atoms with Crippen molar-refractivity contribution in [3.63, 3.8) is 0 Å². The van der Waals surface area contributed by atoms with Crippen LogP contribution in [0, 0.1) is 0 Å². The Balaban J connectivity index is 4.63. The summed E-state index contributed by atoms with van der Waals surface area (Å²) in [4.78, 5) is 11.7. The number of ether oxygens (including phenoxy) is 2. The third kappa shape index (κ3) is 12.7. The van der Waals surface area contributed by atoms with Gasteiger partial charge in [0.05, 0.1) is 13.2 Å². The molecule has 0 aliphatic heterocycles. The van der Waals surface area contributed by atoms with Gasteiger partial charge in [0.2, 0.25) is 0 Å². The third-order valence-corrected chi connectivity index (χ3v) is 13.0. The first kappa shape index (κ1) is 26.7.